The van der Waals surface area contributed by atoms with Gasteiger partial charge in [-0.25, -0.2) is 0 Å². The van der Waals surface area contributed by atoms with Crippen molar-refractivity contribution < 1.29 is 0 Å². The summed E-state index contributed by atoms with van der Waals surface area (Å²) in [7, 11) is 2.54. The highest BCUT2D eigenvalue weighted by molar-refractivity contribution is 7.70. The van der Waals surface area contributed by atoms with E-state index in [-0.39, 0.29) is 10.8 Å². The molecule has 0 radical (unpaired) electrons. The first-order valence-electron chi connectivity index (χ1n) is 5.68. The highest BCUT2D eigenvalue weighted by Gasteiger charge is 2.19. The summed E-state index contributed by atoms with van der Waals surface area (Å²) >= 11 is 6.14. The Hall–Kier alpha value is -0.840. The van der Waals surface area contributed by atoms with Gasteiger partial charge in [0.25, 0.3) is 4.74 Å². The van der Waals surface area contributed by atoms with E-state index in [1.165, 1.54) is 26.2 Å². The minimum absolute atomic E-state index is 0.0506. The largest absolute Gasteiger partial charge is 0.359 e. The van der Waals surface area contributed by atoms with Crippen molar-refractivity contribution >= 4 is 38.0 Å². The molecule has 2 nitrogen and oxygen atoms in total. The molecule has 0 saturated carbocycles. The predicted octanol–water partition coefficient (Wildman–Crippen LogP) is 4.24. The minimum atomic E-state index is 0.0506. The van der Waals surface area contributed by atoms with E-state index in [2.05, 4.69) is 30.9 Å². The lowest BCUT2D eigenvalue weighted by Crippen LogP contribution is -2.32. The molecule has 0 spiro atoms. The van der Waals surface area contributed by atoms with Crippen LogP contribution in [-0.4, -0.2) is 6.04 Å². The van der Waals surface area contributed by atoms with Gasteiger partial charge in [0.15, 0.2) is 0 Å². The lowest BCUT2D eigenvalue weighted by Gasteiger charge is -2.27. The third kappa shape index (κ3) is 2.94. The molecule has 1 aromatic carbocycles. The van der Waals surface area contributed by atoms with Gasteiger partial charge in [-0.2, -0.15) is 0 Å². The van der Waals surface area contributed by atoms with Crippen LogP contribution >= 0.6 is 32.3 Å². The zero-order chi connectivity index (χ0) is 13.1. The van der Waals surface area contributed by atoms with Crippen molar-refractivity contribution in [1.29, 1.82) is 0 Å². The van der Waals surface area contributed by atoms with E-state index in [0.717, 1.165) is 0 Å². The lowest BCUT2D eigenvalue weighted by molar-refractivity contribution is 0.682. The molecule has 0 saturated heterocycles. The Bertz CT molecular complexity index is 562. The normalized spacial score (nSPS) is 10.9. The summed E-state index contributed by atoms with van der Waals surface area (Å²) in [6, 6.07) is 10.3. The van der Waals surface area contributed by atoms with Gasteiger partial charge in [0.05, 0.1) is 0 Å². The van der Waals surface area contributed by atoms with Crippen LogP contribution in [-0.2, 0) is 6.54 Å². The Morgan fingerprint density at radius 2 is 1.89 bits per heavy atom. The molecule has 18 heavy (non-hydrogen) atoms. The highest BCUT2D eigenvalue weighted by atomic mass is 35.5. The van der Waals surface area contributed by atoms with Gasteiger partial charge in [0.1, 0.15) is 10.0 Å². The first-order valence-corrected chi connectivity index (χ1v) is 8.21. The molecule has 0 aliphatic heterocycles. The Kier molecular flexibility index (Phi) is 4.43. The second-order valence-electron chi connectivity index (χ2n) is 4.28. The van der Waals surface area contributed by atoms with Crippen LogP contribution in [0.5, 0.6) is 0 Å². The number of hydrogen-bond donors (Lipinski definition) is 0. The fourth-order valence-electron chi connectivity index (χ4n) is 1.76. The van der Waals surface area contributed by atoms with Gasteiger partial charge >= 0.3 is 0 Å². The van der Waals surface area contributed by atoms with Crippen molar-refractivity contribution in [2.75, 3.05) is 4.90 Å². The van der Waals surface area contributed by atoms with E-state index >= 15 is 0 Å². The van der Waals surface area contributed by atoms with Crippen LogP contribution in [0.3, 0.4) is 0 Å². The standard InChI is InChI=1S/C13H14ClNOS2/c1-9(2)15(8-10-6-4-3-5-7-10)11-12(14)17-18-13(11)16/h3-7,9H,8H2,1-2H3. The first kappa shape index (κ1) is 13.6. The van der Waals surface area contributed by atoms with Gasteiger partial charge in [-0.05, 0) is 29.8 Å². The summed E-state index contributed by atoms with van der Waals surface area (Å²) in [5.74, 6) is 0. The first-order chi connectivity index (χ1) is 8.59. The molecule has 2 aromatic rings. The molecule has 0 aliphatic rings. The molecule has 1 heterocycles. The molecular weight excluding hydrogens is 286 g/mol. The monoisotopic (exact) mass is 299 g/mol. The van der Waals surface area contributed by atoms with Gasteiger partial charge in [0.2, 0.25) is 0 Å². The van der Waals surface area contributed by atoms with Crippen molar-refractivity contribution in [1.82, 2.24) is 0 Å². The highest BCUT2D eigenvalue weighted by Crippen LogP contribution is 2.32. The molecule has 0 aliphatic carbocycles. The van der Waals surface area contributed by atoms with Gasteiger partial charge in [-0.3, -0.25) is 4.79 Å². The number of halogens is 1. The molecular formula is C13H14ClNOS2. The molecule has 1 aromatic heterocycles. The molecule has 0 fully saturated rings. The van der Waals surface area contributed by atoms with Crippen LogP contribution in [0.25, 0.3) is 0 Å². The molecule has 0 unspecified atom stereocenters. The zero-order valence-corrected chi connectivity index (χ0v) is 12.6. The Labute approximate surface area is 119 Å². The van der Waals surface area contributed by atoms with Crippen LogP contribution in [0.15, 0.2) is 35.1 Å². The van der Waals surface area contributed by atoms with E-state index in [4.69, 9.17) is 11.6 Å². The van der Waals surface area contributed by atoms with Crippen LogP contribution in [0.1, 0.15) is 19.4 Å². The Morgan fingerprint density at radius 1 is 1.22 bits per heavy atom. The van der Waals surface area contributed by atoms with Crippen LogP contribution < -0.4 is 9.64 Å². The van der Waals surface area contributed by atoms with E-state index in [0.29, 0.717) is 16.6 Å². The molecule has 0 atom stereocenters. The van der Waals surface area contributed by atoms with Crippen molar-refractivity contribution in [2.24, 2.45) is 0 Å². The number of nitrogens with zero attached hydrogens (tertiary/aromatic N) is 1. The molecule has 2 rings (SSSR count). The van der Waals surface area contributed by atoms with Gasteiger partial charge in [-0.15, -0.1) is 0 Å². The van der Waals surface area contributed by atoms with E-state index in [9.17, 15) is 4.79 Å². The van der Waals surface area contributed by atoms with E-state index in [1.54, 1.807) is 0 Å². The molecule has 0 N–H and O–H groups in total. The molecule has 0 amide bonds. The van der Waals surface area contributed by atoms with Crippen molar-refractivity contribution in [2.45, 2.75) is 26.4 Å². The summed E-state index contributed by atoms with van der Waals surface area (Å²) < 4.78 is 0.643. The van der Waals surface area contributed by atoms with Gasteiger partial charge < -0.3 is 4.90 Å². The SMILES string of the molecule is CC(C)N(Cc1ccccc1)c1c(Cl)ssc1=O. The minimum Gasteiger partial charge on any atom is -0.359 e. The fraction of sp³-hybridized carbons (Fsp3) is 0.308. The second-order valence-corrected chi connectivity index (χ2v) is 7.00. The zero-order valence-electron chi connectivity index (χ0n) is 10.2. The van der Waals surface area contributed by atoms with Crippen molar-refractivity contribution in [3.05, 3.63) is 49.8 Å². The Balaban J connectivity index is 2.33. The quantitative estimate of drug-likeness (QED) is 0.787. The summed E-state index contributed by atoms with van der Waals surface area (Å²) in [4.78, 5) is 13.9. The fourth-order valence-corrected chi connectivity index (χ4v) is 4.02. The average molecular weight is 300 g/mol. The van der Waals surface area contributed by atoms with Gasteiger partial charge in [-0.1, -0.05) is 52.3 Å². The number of anilines is 1. The molecule has 0 bridgehead atoms. The van der Waals surface area contributed by atoms with Crippen LogP contribution in [0, 0.1) is 0 Å². The molecule has 96 valence electrons. The van der Waals surface area contributed by atoms with E-state index < -0.39 is 0 Å². The number of benzene rings is 1. The maximum atomic E-state index is 11.9. The maximum Gasteiger partial charge on any atom is 0.267 e. The summed E-state index contributed by atoms with van der Waals surface area (Å²) in [5.41, 5.74) is 1.82. The average Bonchev–Trinajstić information content (AvgIpc) is 2.67. The third-order valence-electron chi connectivity index (χ3n) is 2.68. The predicted molar refractivity (Wildman–Crippen MR) is 81.2 cm³/mol. The van der Waals surface area contributed by atoms with Crippen LogP contribution in [0.2, 0.25) is 4.34 Å². The third-order valence-corrected chi connectivity index (χ3v) is 5.33. The summed E-state index contributed by atoms with van der Waals surface area (Å²) in [6.07, 6.45) is 0. The van der Waals surface area contributed by atoms with Gasteiger partial charge in [0, 0.05) is 12.6 Å². The lowest BCUT2D eigenvalue weighted by atomic mass is 10.2. The Morgan fingerprint density at radius 3 is 2.39 bits per heavy atom. The van der Waals surface area contributed by atoms with Crippen molar-refractivity contribution in [3.8, 4) is 0 Å². The topological polar surface area (TPSA) is 20.3 Å². The summed E-state index contributed by atoms with van der Waals surface area (Å²) in [5, 5.41) is 0. The number of hydrogen-bond acceptors (Lipinski definition) is 4. The van der Waals surface area contributed by atoms with E-state index in [1.807, 2.05) is 18.2 Å². The smallest absolute Gasteiger partial charge is 0.267 e. The second kappa shape index (κ2) is 5.87. The van der Waals surface area contributed by atoms with Crippen molar-refractivity contribution in [3.63, 3.8) is 0 Å². The number of rotatable bonds is 4. The molecule has 5 heteroatoms. The maximum absolute atomic E-state index is 11.9. The van der Waals surface area contributed by atoms with Crippen LogP contribution in [0.4, 0.5) is 5.69 Å². The summed E-state index contributed by atoms with van der Waals surface area (Å²) in [6.45, 7) is 4.85.